The summed E-state index contributed by atoms with van der Waals surface area (Å²) in [6.45, 7) is 1.45. The predicted octanol–water partition coefficient (Wildman–Crippen LogP) is 3.51. The van der Waals surface area contributed by atoms with E-state index < -0.39 is 5.72 Å². The average Bonchev–Trinajstić information content (AvgIpc) is 2.22. The lowest BCUT2D eigenvalue weighted by atomic mass is 9.95. The Bertz CT molecular complexity index is 216. The van der Waals surface area contributed by atoms with E-state index in [1.54, 1.807) is 0 Å². The monoisotopic (exact) mass is 241 g/mol. The Morgan fingerprint density at radius 2 is 1.24 bits per heavy atom. The van der Waals surface area contributed by atoms with Crippen molar-refractivity contribution in [3.8, 4) is 0 Å². The van der Waals surface area contributed by atoms with Crippen molar-refractivity contribution in [1.29, 1.82) is 0 Å². The van der Waals surface area contributed by atoms with E-state index in [1.807, 2.05) is 0 Å². The van der Waals surface area contributed by atoms with Gasteiger partial charge in [-0.25, -0.2) is 0 Å². The quantitative estimate of drug-likeness (QED) is 0.564. The number of carbonyl (C=O) groups excluding carboxylic acids is 1. The van der Waals surface area contributed by atoms with Gasteiger partial charge in [0.1, 0.15) is 0 Å². The smallest absolute Gasteiger partial charge is 0.304 e. The molecule has 0 atom stereocenters. The molecule has 1 aliphatic carbocycles. The Balaban J connectivity index is 2.44. The summed E-state index contributed by atoms with van der Waals surface area (Å²) in [4.78, 5) is 11.1. The van der Waals surface area contributed by atoms with Gasteiger partial charge in [0.05, 0.1) is 0 Å². The topological polar surface area (TPSA) is 52.3 Å². The van der Waals surface area contributed by atoms with Gasteiger partial charge in [0.15, 0.2) is 5.72 Å². The molecule has 0 aromatic heterocycles. The molecule has 0 spiro atoms. The fourth-order valence-electron chi connectivity index (χ4n) is 2.60. The first-order valence-electron chi connectivity index (χ1n) is 7.11. The Morgan fingerprint density at radius 1 is 0.882 bits per heavy atom. The van der Waals surface area contributed by atoms with Crippen LogP contribution in [0.2, 0.25) is 0 Å². The molecule has 1 aliphatic rings. The van der Waals surface area contributed by atoms with E-state index in [2.05, 4.69) is 0 Å². The first-order valence-corrected chi connectivity index (χ1v) is 7.11. The summed E-state index contributed by atoms with van der Waals surface area (Å²) in [5, 5.41) is 0. The molecule has 0 saturated heterocycles. The largest absolute Gasteiger partial charge is 0.444 e. The van der Waals surface area contributed by atoms with Crippen LogP contribution in [0.25, 0.3) is 0 Å². The average molecular weight is 241 g/mol. The summed E-state index contributed by atoms with van der Waals surface area (Å²) < 4.78 is 5.32. The number of esters is 1. The summed E-state index contributed by atoms with van der Waals surface area (Å²) in [6.07, 6.45) is 12.8. The molecule has 0 aromatic rings. The van der Waals surface area contributed by atoms with Gasteiger partial charge in [0.2, 0.25) is 0 Å². The van der Waals surface area contributed by atoms with Crippen molar-refractivity contribution in [2.75, 3.05) is 0 Å². The molecule has 0 aromatic carbocycles. The van der Waals surface area contributed by atoms with E-state index in [0.29, 0.717) is 0 Å². The van der Waals surface area contributed by atoms with E-state index in [4.69, 9.17) is 10.5 Å². The van der Waals surface area contributed by atoms with Gasteiger partial charge in [-0.15, -0.1) is 0 Å². The SMILES string of the molecule is CC(=O)OC1(N)CCCCCCCCCCC1. The standard InChI is InChI=1S/C14H27NO2/c1-13(16)17-14(15)11-9-7-5-3-2-4-6-8-10-12-14/h2-12,15H2,1H3. The number of ether oxygens (including phenoxy) is 1. The number of carbonyl (C=O) groups is 1. The predicted molar refractivity (Wildman–Crippen MR) is 69.5 cm³/mol. The van der Waals surface area contributed by atoms with Crippen molar-refractivity contribution in [3.05, 3.63) is 0 Å². The van der Waals surface area contributed by atoms with Crippen molar-refractivity contribution in [1.82, 2.24) is 0 Å². The van der Waals surface area contributed by atoms with Crippen LogP contribution in [0.1, 0.15) is 77.6 Å². The molecule has 1 fully saturated rings. The Labute approximate surface area is 105 Å². The van der Waals surface area contributed by atoms with Gasteiger partial charge in [0.25, 0.3) is 0 Å². The fraction of sp³-hybridized carbons (Fsp3) is 0.929. The minimum absolute atomic E-state index is 0.250. The maximum Gasteiger partial charge on any atom is 0.304 e. The van der Waals surface area contributed by atoms with E-state index >= 15 is 0 Å². The molecule has 0 bridgehead atoms. The summed E-state index contributed by atoms with van der Waals surface area (Å²) in [5.74, 6) is -0.250. The van der Waals surface area contributed by atoms with Crippen LogP contribution in [-0.2, 0) is 9.53 Å². The Hall–Kier alpha value is -0.570. The molecular formula is C14H27NO2. The second-order valence-corrected chi connectivity index (χ2v) is 5.34. The highest BCUT2D eigenvalue weighted by molar-refractivity contribution is 5.66. The molecule has 17 heavy (non-hydrogen) atoms. The molecule has 3 nitrogen and oxygen atoms in total. The second-order valence-electron chi connectivity index (χ2n) is 5.34. The molecule has 0 heterocycles. The highest BCUT2D eigenvalue weighted by atomic mass is 16.6. The van der Waals surface area contributed by atoms with E-state index in [9.17, 15) is 4.79 Å². The van der Waals surface area contributed by atoms with Gasteiger partial charge in [-0.1, -0.05) is 44.9 Å². The van der Waals surface area contributed by atoms with Gasteiger partial charge < -0.3 is 4.74 Å². The van der Waals surface area contributed by atoms with Crippen LogP contribution in [0.3, 0.4) is 0 Å². The van der Waals surface area contributed by atoms with Crippen molar-refractivity contribution in [2.24, 2.45) is 5.73 Å². The summed E-state index contributed by atoms with van der Waals surface area (Å²) in [6, 6.07) is 0. The molecule has 1 saturated carbocycles. The van der Waals surface area contributed by atoms with Crippen LogP contribution in [0.4, 0.5) is 0 Å². The number of rotatable bonds is 1. The van der Waals surface area contributed by atoms with E-state index in [-0.39, 0.29) is 5.97 Å². The van der Waals surface area contributed by atoms with Crippen molar-refractivity contribution < 1.29 is 9.53 Å². The first-order chi connectivity index (χ1) is 8.12. The van der Waals surface area contributed by atoms with E-state index in [1.165, 1.54) is 51.9 Å². The molecular weight excluding hydrogens is 214 g/mol. The fourth-order valence-corrected chi connectivity index (χ4v) is 2.60. The second kappa shape index (κ2) is 7.70. The van der Waals surface area contributed by atoms with Crippen LogP contribution in [-0.4, -0.2) is 11.7 Å². The van der Waals surface area contributed by atoms with Crippen molar-refractivity contribution in [3.63, 3.8) is 0 Å². The van der Waals surface area contributed by atoms with Crippen LogP contribution >= 0.6 is 0 Å². The number of hydrogen-bond donors (Lipinski definition) is 1. The third-order valence-electron chi connectivity index (χ3n) is 3.55. The minimum Gasteiger partial charge on any atom is -0.444 e. The summed E-state index contributed by atoms with van der Waals surface area (Å²) in [5.41, 5.74) is 5.49. The van der Waals surface area contributed by atoms with Crippen LogP contribution in [0.5, 0.6) is 0 Å². The Kier molecular flexibility index (Phi) is 6.56. The van der Waals surface area contributed by atoms with Crippen LogP contribution < -0.4 is 5.73 Å². The first kappa shape index (κ1) is 14.5. The highest BCUT2D eigenvalue weighted by Gasteiger charge is 2.27. The van der Waals surface area contributed by atoms with Gasteiger partial charge >= 0.3 is 5.97 Å². The maximum absolute atomic E-state index is 11.1. The molecule has 0 aliphatic heterocycles. The molecule has 100 valence electrons. The van der Waals surface area contributed by atoms with Gasteiger partial charge in [-0.2, -0.15) is 0 Å². The minimum atomic E-state index is -0.703. The summed E-state index contributed by atoms with van der Waals surface area (Å²) in [7, 11) is 0. The summed E-state index contributed by atoms with van der Waals surface area (Å²) >= 11 is 0. The maximum atomic E-state index is 11.1. The normalized spacial score (nSPS) is 23.2. The van der Waals surface area contributed by atoms with Gasteiger partial charge in [-0.3, -0.25) is 10.5 Å². The lowest BCUT2D eigenvalue weighted by Crippen LogP contribution is -2.44. The van der Waals surface area contributed by atoms with Crippen LogP contribution in [0, 0.1) is 0 Å². The number of hydrogen-bond acceptors (Lipinski definition) is 3. The van der Waals surface area contributed by atoms with E-state index in [0.717, 1.165) is 25.7 Å². The molecule has 0 unspecified atom stereocenters. The molecule has 3 heteroatoms. The number of nitrogens with two attached hydrogens (primary N) is 1. The van der Waals surface area contributed by atoms with Gasteiger partial charge in [0, 0.05) is 19.8 Å². The lowest BCUT2D eigenvalue weighted by Gasteiger charge is -2.29. The van der Waals surface area contributed by atoms with Crippen LogP contribution in [0.15, 0.2) is 0 Å². The zero-order valence-electron chi connectivity index (χ0n) is 11.2. The third kappa shape index (κ3) is 6.67. The third-order valence-corrected chi connectivity index (χ3v) is 3.55. The molecule has 1 rings (SSSR count). The lowest BCUT2D eigenvalue weighted by molar-refractivity contribution is -0.158. The van der Waals surface area contributed by atoms with Crippen molar-refractivity contribution in [2.45, 2.75) is 83.3 Å². The molecule has 0 amide bonds. The zero-order valence-corrected chi connectivity index (χ0v) is 11.2. The molecule has 2 N–H and O–H groups in total. The Morgan fingerprint density at radius 3 is 1.59 bits per heavy atom. The van der Waals surface area contributed by atoms with Gasteiger partial charge in [-0.05, 0) is 12.8 Å². The zero-order chi connectivity index (χ0) is 12.6. The molecule has 0 radical (unpaired) electrons. The highest BCUT2D eigenvalue weighted by Crippen LogP contribution is 2.23. The van der Waals surface area contributed by atoms with Crippen molar-refractivity contribution >= 4 is 5.97 Å².